The van der Waals surface area contributed by atoms with Crippen LogP contribution in [0.25, 0.3) is 10.9 Å². The Bertz CT molecular complexity index is 828. The van der Waals surface area contributed by atoms with Gasteiger partial charge < -0.3 is 4.98 Å². The summed E-state index contributed by atoms with van der Waals surface area (Å²) < 4.78 is 13.9. The van der Waals surface area contributed by atoms with Crippen molar-refractivity contribution in [3.63, 3.8) is 0 Å². The number of carbonyl (C=O) groups excluding carboxylic acids is 1. The largest absolute Gasteiger partial charge is 0.360 e. The standard InChI is InChI=1S/C15H8BrClFNO/c16-12-4-1-8(5-13(12)18)15(20)11-7-19-14-6-9(17)2-3-10(11)14/h1-7,19H. The minimum Gasteiger partial charge on any atom is -0.360 e. The number of ketones is 1. The number of benzene rings is 2. The Labute approximate surface area is 127 Å². The third-order valence-corrected chi connectivity index (χ3v) is 3.95. The summed E-state index contributed by atoms with van der Waals surface area (Å²) in [6.07, 6.45) is 1.61. The highest BCUT2D eigenvalue weighted by Crippen LogP contribution is 2.25. The lowest BCUT2D eigenvalue weighted by Crippen LogP contribution is -2.01. The molecule has 1 N–H and O–H groups in total. The molecule has 0 atom stereocenters. The third kappa shape index (κ3) is 2.25. The molecule has 0 saturated heterocycles. The summed E-state index contributed by atoms with van der Waals surface area (Å²) in [6.45, 7) is 0. The van der Waals surface area contributed by atoms with Gasteiger partial charge in [-0.15, -0.1) is 0 Å². The molecule has 0 radical (unpaired) electrons. The van der Waals surface area contributed by atoms with Gasteiger partial charge in [-0.3, -0.25) is 4.79 Å². The molecule has 0 spiro atoms. The third-order valence-electron chi connectivity index (χ3n) is 3.07. The molecule has 0 aliphatic heterocycles. The Morgan fingerprint density at radius 3 is 2.75 bits per heavy atom. The van der Waals surface area contributed by atoms with Crippen molar-refractivity contribution < 1.29 is 9.18 Å². The van der Waals surface area contributed by atoms with Crippen LogP contribution >= 0.6 is 27.5 Å². The Balaban J connectivity index is 2.10. The Morgan fingerprint density at radius 1 is 1.20 bits per heavy atom. The van der Waals surface area contributed by atoms with E-state index in [1.165, 1.54) is 12.1 Å². The summed E-state index contributed by atoms with van der Waals surface area (Å²) in [4.78, 5) is 15.4. The molecule has 1 heterocycles. The van der Waals surface area contributed by atoms with Crippen LogP contribution in [0.3, 0.4) is 0 Å². The quantitative estimate of drug-likeness (QED) is 0.650. The predicted molar refractivity (Wildman–Crippen MR) is 80.8 cm³/mol. The maximum absolute atomic E-state index is 13.5. The number of aromatic nitrogens is 1. The van der Waals surface area contributed by atoms with E-state index < -0.39 is 5.82 Å². The van der Waals surface area contributed by atoms with Gasteiger partial charge in [-0.2, -0.15) is 0 Å². The number of rotatable bonds is 2. The average molecular weight is 353 g/mol. The van der Waals surface area contributed by atoms with Crippen LogP contribution in [0, 0.1) is 5.82 Å². The van der Waals surface area contributed by atoms with Gasteiger partial charge in [0.15, 0.2) is 5.78 Å². The minimum atomic E-state index is -0.460. The highest BCUT2D eigenvalue weighted by molar-refractivity contribution is 9.10. The molecule has 1 aromatic heterocycles. The maximum Gasteiger partial charge on any atom is 0.195 e. The van der Waals surface area contributed by atoms with Crippen LogP contribution in [0.15, 0.2) is 47.1 Å². The van der Waals surface area contributed by atoms with Gasteiger partial charge in [-0.05, 0) is 46.3 Å². The number of H-pyrrole nitrogens is 1. The van der Waals surface area contributed by atoms with Crippen molar-refractivity contribution in [2.75, 3.05) is 0 Å². The molecule has 5 heteroatoms. The minimum absolute atomic E-state index is 0.232. The highest BCUT2D eigenvalue weighted by atomic mass is 79.9. The highest BCUT2D eigenvalue weighted by Gasteiger charge is 2.15. The van der Waals surface area contributed by atoms with Crippen LogP contribution in [0.2, 0.25) is 5.02 Å². The average Bonchev–Trinajstić information content (AvgIpc) is 2.84. The van der Waals surface area contributed by atoms with Crippen molar-refractivity contribution >= 4 is 44.2 Å². The maximum atomic E-state index is 13.5. The molecular formula is C15H8BrClFNO. The van der Waals surface area contributed by atoms with Gasteiger partial charge in [0.25, 0.3) is 0 Å². The fourth-order valence-corrected chi connectivity index (χ4v) is 2.50. The molecule has 3 aromatic rings. The van der Waals surface area contributed by atoms with Crippen LogP contribution < -0.4 is 0 Å². The first-order valence-electron chi connectivity index (χ1n) is 5.82. The van der Waals surface area contributed by atoms with Gasteiger partial charge in [0, 0.05) is 33.2 Å². The number of hydrogen-bond acceptors (Lipinski definition) is 1. The van der Waals surface area contributed by atoms with E-state index >= 15 is 0 Å². The first-order chi connectivity index (χ1) is 9.56. The normalized spacial score (nSPS) is 10.9. The van der Waals surface area contributed by atoms with Gasteiger partial charge in [-0.25, -0.2) is 4.39 Å². The Morgan fingerprint density at radius 2 is 2.00 bits per heavy atom. The van der Waals surface area contributed by atoms with Crippen LogP contribution in [-0.2, 0) is 0 Å². The number of nitrogens with one attached hydrogen (secondary N) is 1. The van der Waals surface area contributed by atoms with Gasteiger partial charge in [0.1, 0.15) is 5.82 Å². The van der Waals surface area contributed by atoms with E-state index in [0.717, 1.165) is 10.9 Å². The number of hydrogen-bond donors (Lipinski definition) is 1. The second kappa shape index (κ2) is 5.04. The summed E-state index contributed by atoms with van der Waals surface area (Å²) in [6, 6.07) is 9.57. The first kappa shape index (κ1) is 13.3. The molecule has 0 saturated carbocycles. The van der Waals surface area contributed by atoms with Crippen molar-refractivity contribution in [1.82, 2.24) is 4.98 Å². The Hall–Kier alpha value is -1.65. The smallest absolute Gasteiger partial charge is 0.195 e. The van der Waals surface area contributed by atoms with Gasteiger partial charge >= 0.3 is 0 Å². The van der Waals surface area contributed by atoms with Crippen LogP contribution in [-0.4, -0.2) is 10.8 Å². The predicted octanol–water partition coefficient (Wildman–Crippen LogP) is 4.95. The van der Waals surface area contributed by atoms with Gasteiger partial charge in [-0.1, -0.05) is 17.7 Å². The van der Waals surface area contributed by atoms with Crippen molar-refractivity contribution in [3.8, 4) is 0 Å². The van der Waals surface area contributed by atoms with Crippen molar-refractivity contribution in [1.29, 1.82) is 0 Å². The molecule has 0 fully saturated rings. The zero-order valence-corrected chi connectivity index (χ0v) is 12.4. The number of carbonyl (C=O) groups is 1. The molecule has 0 aliphatic rings. The topological polar surface area (TPSA) is 32.9 Å². The molecular weight excluding hydrogens is 345 g/mol. The number of halogens is 3. The van der Waals surface area contributed by atoms with Crippen molar-refractivity contribution in [2.24, 2.45) is 0 Å². The van der Waals surface area contributed by atoms with Crippen molar-refractivity contribution in [3.05, 3.63) is 69.0 Å². The van der Waals surface area contributed by atoms with E-state index in [9.17, 15) is 9.18 Å². The van der Waals surface area contributed by atoms with E-state index in [0.29, 0.717) is 20.6 Å². The molecule has 0 bridgehead atoms. The molecule has 2 aromatic carbocycles. The zero-order valence-electron chi connectivity index (χ0n) is 10.1. The molecule has 0 amide bonds. The van der Waals surface area contributed by atoms with E-state index in [4.69, 9.17) is 11.6 Å². The summed E-state index contributed by atoms with van der Waals surface area (Å²) in [5.41, 5.74) is 1.58. The molecule has 20 heavy (non-hydrogen) atoms. The lowest BCUT2D eigenvalue weighted by molar-refractivity contribution is 0.104. The zero-order chi connectivity index (χ0) is 14.3. The molecule has 2 nitrogen and oxygen atoms in total. The summed E-state index contributed by atoms with van der Waals surface area (Å²) in [5.74, 6) is -0.691. The van der Waals surface area contributed by atoms with Crippen molar-refractivity contribution in [2.45, 2.75) is 0 Å². The molecule has 3 rings (SSSR count). The molecule has 100 valence electrons. The van der Waals surface area contributed by atoms with E-state index in [1.807, 2.05) is 0 Å². The fraction of sp³-hybridized carbons (Fsp3) is 0. The van der Waals surface area contributed by atoms with Gasteiger partial charge in [0.2, 0.25) is 0 Å². The fourth-order valence-electron chi connectivity index (χ4n) is 2.08. The SMILES string of the molecule is O=C(c1ccc(Br)c(F)c1)c1c[nH]c2cc(Cl)ccc12. The van der Waals surface area contributed by atoms with Crippen LogP contribution in [0.1, 0.15) is 15.9 Å². The lowest BCUT2D eigenvalue weighted by Gasteiger charge is -2.01. The first-order valence-corrected chi connectivity index (χ1v) is 7.00. The van der Waals surface area contributed by atoms with Crippen LogP contribution in [0.4, 0.5) is 4.39 Å². The summed E-state index contributed by atoms with van der Waals surface area (Å²) in [5, 5.41) is 1.36. The van der Waals surface area contributed by atoms with E-state index in [1.54, 1.807) is 30.5 Å². The van der Waals surface area contributed by atoms with Crippen LogP contribution in [0.5, 0.6) is 0 Å². The lowest BCUT2D eigenvalue weighted by atomic mass is 10.0. The van der Waals surface area contributed by atoms with E-state index in [2.05, 4.69) is 20.9 Å². The molecule has 0 aliphatic carbocycles. The monoisotopic (exact) mass is 351 g/mol. The summed E-state index contributed by atoms with van der Waals surface area (Å²) >= 11 is 8.97. The number of aromatic amines is 1. The van der Waals surface area contributed by atoms with E-state index in [-0.39, 0.29) is 5.78 Å². The second-order valence-electron chi connectivity index (χ2n) is 4.35. The van der Waals surface area contributed by atoms with Gasteiger partial charge in [0.05, 0.1) is 4.47 Å². The Kier molecular flexibility index (Phi) is 3.36. The second-order valence-corrected chi connectivity index (χ2v) is 5.64. The number of fused-ring (bicyclic) bond motifs is 1. The molecule has 0 unspecified atom stereocenters. The summed E-state index contributed by atoms with van der Waals surface area (Å²) in [7, 11) is 0.